The van der Waals surface area contributed by atoms with Crippen molar-refractivity contribution in [2.45, 2.75) is 33.0 Å². The van der Waals surface area contributed by atoms with Gasteiger partial charge in [-0.2, -0.15) is 18.3 Å². The van der Waals surface area contributed by atoms with Crippen LogP contribution in [-0.4, -0.2) is 19.9 Å². The van der Waals surface area contributed by atoms with Gasteiger partial charge in [0.2, 0.25) is 0 Å². The highest BCUT2D eigenvalue weighted by atomic mass is 19.4. The van der Waals surface area contributed by atoms with Crippen LogP contribution in [0.15, 0.2) is 30.3 Å². The summed E-state index contributed by atoms with van der Waals surface area (Å²) in [4.78, 5) is 4.41. The van der Waals surface area contributed by atoms with Gasteiger partial charge in [0.1, 0.15) is 5.75 Å². The first-order valence-corrected chi connectivity index (χ1v) is 7.45. The molecule has 0 aliphatic carbocycles. The van der Waals surface area contributed by atoms with Gasteiger partial charge in [0.25, 0.3) is 0 Å². The van der Waals surface area contributed by atoms with Crippen LogP contribution >= 0.6 is 0 Å². The molecule has 0 saturated heterocycles. The van der Waals surface area contributed by atoms with Crippen molar-refractivity contribution in [2.24, 2.45) is 0 Å². The van der Waals surface area contributed by atoms with Crippen LogP contribution in [0.1, 0.15) is 31.1 Å². The van der Waals surface area contributed by atoms with E-state index in [0.29, 0.717) is 11.3 Å². The average molecular weight is 335 g/mol. The average Bonchev–Trinajstić information content (AvgIpc) is 2.83. The molecule has 2 aromatic heterocycles. The molecule has 3 rings (SSSR count). The summed E-state index contributed by atoms with van der Waals surface area (Å²) in [6.45, 7) is 5.24. The third-order valence-corrected chi connectivity index (χ3v) is 3.79. The highest BCUT2D eigenvalue weighted by Crippen LogP contribution is 2.38. The molecule has 0 spiro atoms. The van der Waals surface area contributed by atoms with Crippen LogP contribution in [0.5, 0.6) is 5.75 Å². The maximum Gasteiger partial charge on any atom is 0.417 e. The largest absolute Gasteiger partial charge is 0.508 e. The van der Waals surface area contributed by atoms with E-state index in [-0.39, 0.29) is 28.5 Å². The Morgan fingerprint density at radius 2 is 1.75 bits per heavy atom. The first kappa shape index (κ1) is 16.3. The molecule has 0 bridgehead atoms. The standard InChI is InChI=1S/C17H16F3N3O/c1-9(2)23-16-15(10(3)22-23)13(17(18,19)20)8-14(21-16)11-4-6-12(24)7-5-11/h4-9,24H,1-3H3. The number of halogens is 3. The number of hydrogen-bond acceptors (Lipinski definition) is 3. The molecule has 0 saturated carbocycles. The van der Waals surface area contributed by atoms with E-state index in [9.17, 15) is 18.3 Å². The fourth-order valence-corrected chi connectivity index (χ4v) is 2.68. The van der Waals surface area contributed by atoms with Gasteiger partial charge in [-0.15, -0.1) is 0 Å². The number of hydrogen-bond donors (Lipinski definition) is 1. The van der Waals surface area contributed by atoms with Crippen molar-refractivity contribution < 1.29 is 18.3 Å². The summed E-state index contributed by atoms with van der Waals surface area (Å²) < 4.78 is 42.2. The number of phenols is 1. The Labute approximate surface area is 136 Å². The number of fused-ring (bicyclic) bond motifs is 1. The van der Waals surface area contributed by atoms with Crippen LogP contribution in [0.2, 0.25) is 0 Å². The molecule has 1 aromatic carbocycles. The lowest BCUT2D eigenvalue weighted by molar-refractivity contribution is -0.136. The number of benzene rings is 1. The van der Waals surface area contributed by atoms with Crippen LogP contribution in [0.25, 0.3) is 22.3 Å². The van der Waals surface area contributed by atoms with Crippen LogP contribution in [0.4, 0.5) is 13.2 Å². The summed E-state index contributed by atoms with van der Waals surface area (Å²) in [6.07, 6.45) is -4.51. The molecule has 3 aromatic rings. The second-order valence-electron chi connectivity index (χ2n) is 5.92. The minimum absolute atomic E-state index is 0.0266. The zero-order valence-corrected chi connectivity index (χ0v) is 13.4. The monoisotopic (exact) mass is 335 g/mol. The SMILES string of the molecule is Cc1nn(C(C)C)c2nc(-c3ccc(O)cc3)cc(C(F)(F)F)c12. The quantitative estimate of drug-likeness (QED) is 0.738. The van der Waals surface area contributed by atoms with Gasteiger partial charge in [0.05, 0.1) is 22.3 Å². The predicted molar refractivity (Wildman–Crippen MR) is 84.8 cm³/mol. The lowest BCUT2D eigenvalue weighted by Crippen LogP contribution is -2.09. The summed E-state index contributed by atoms with van der Waals surface area (Å²) in [6, 6.07) is 6.82. The minimum Gasteiger partial charge on any atom is -0.508 e. The van der Waals surface area contributed by atoms with Crippen LogP contribution in [0, 0.1) is 6.92 Å². The summed E-state index contributed by atoms with van der Waals surface area (Å²) >= 11 is 0. The highest BCUT2D eigenvalue weighted by Gasteiger charge is 2.35. The van der Waals surface area contributed by atoms with Crippen molar-refractivity contribution in [2.75, 3.05) is 0 Å². The Hall–Kier alpha value is -2.57. The topological polar surface area (TPSA) is 50.9 Å². The molecule has 0 aliphatic rings. The number of alkyl halides is 3. The van der Waals surface area contributed by atoms with E-state index < -0.39 is 11.7 Å². The van der Waals surface area contributed by atoms with Crippen molar-refractivity contribution in [3.8, 4) is 17.0 Å². The van der Waals surface area contributed by atoms with Gasteiger partial charge >= 0.3 is 6.18 Å². The number of aromatic nitrogens is 3. The molecule has 126 valence electrons. The third-order valence-electron chi connectivity index (χ3n) is 3.79. The Bertz CT molecular complexity index is 896. The molecular weight excluding hydrogens is 319 g/mol. The van der Waals surface area contributed by atoms with E-state index in [1.807, 2.05) is 13.8 Å². The molecule has 0 atom stereocenters. The fourth-order valence-electron chi connectivity index (χ4n) is 2.68. The lowest BCUT2D eigenvalue weighted by atomic mass is 10.0. The molecule has 1 N–H and O–H groups in total. The van der Waals surface area contributed by atoms with E-state index in [0.717, 1.165) is 6.07 Å². The second-order valence-corrected chi connectivity index (χ2v) is 5.92. The van der Waals surface area contributed by atoms with E-state index in [4.69, 9.17) is 0 Å². The summed E-state index contributed by atoms with van der Waals surface area (Å²) in [5, 5.41) is 13.6. The molecule has 0 radical (unpaired) electrons. The van der Waals surface area contributed by atoms with Gasteiger partial charge < -0.3 is 5.11 Å². The molecule has 4 nitrogen and oxygen atoms in total. The number of aryl methyl sites for hydroxylation is 1. The van der Waals surface area contributed by atoms with Gasteiger partial charge in [0, 0.05) is 11.6 Å². The van der Waals surface area contributed by atoms with Crippen molar-refractivity contribution >= 4 is 11.0 Å². The molecule has 24 heavy (non-hydrogen) atoms. The summed E-state index contributed by atoms with van der Waals surface area (Å²) in [5.41, 5.74) is 0.446. The second kappa shape index (κ2) is 5.51. The lowest BCUT2D eigenvalue weighted by Gasteiger charge is -2.12. The number of rotatable bonds is 2. The Morgan fingerprint density at radius 3 is 2.29 bits per heavy atom. The highest BCUT2D eigenvalue weighted by molar-refractivity contribution is 5.85. The smallest absolute Gasteiger partial charge is 0.417 e. The maximum atomic E-state index is 13.6. The molecular formula is C17H16F3N3O. The normalized spacial score (nSPS) is 12.3. The number of nitrogens with zero attached hydrogens (tertiary/aromatic N) is 3. The van der Waals surface area contributed by atoms with Gasteiger partial charge in [-0.05, 0) is 51.1 Å². The molecule has 0 fully saturated rings. The first-order chi connectivity index (χ1) is 11.2. The molecule has 0 amide bonds. The molecule has 2 heterocycles. The van der Waals surface area contributed by atoms with Crippen molar-refractivity contribution in [1.82, 2.24) is 14.8 Å². The van der Waals surface area contributed by atoms with Crippen molar-refractivity contribution in [3.63, 3.8) is 0 Å². The summed E-state index contributed by atoms with van der Waals surface area (Å²) in [7, 11) is 0. The van der Waals surface area contributed by atoms with E-state index >= 15 is 0 Å². The minimum atomic E-state index is -4.51. The molecule has 0 unspecified atom stereocenters. The van der Waals surface area contributed by atoms with Gasteiger partial charge in [-0.1, -0.05) is 0 Å². The zero-order valence-electron chi connectivity index (χ0n) is 13.4. The van der Waals surface area contributed by atoms with Crippen LogP contribution in [-0.2, 0) is 6.18 Å². The number of phenolic OH excluding ortho intramolecular Hbond substituents is 1. The number of aromatic hydroxyl groups is 1. The Morgan fingerprint density at radius 1 is 1.12 bits per heavy atom. The van der Waals surface area contributed by atoms with E-state index in [1.54, 1.807) is 6.92 Å². The third kappa shape index (κ3) is 2.70. The van der Waals surface area contributed by atoms with Crippen LogP contribution in [0.3, 0.4) is 0 Å². The predicted octanol–water partition coefficient (Wildman–Crippen LogP) is 4.71. The fraction of sp³-hybridized carbons (Fsp3) is 0.294. The molecule has 7 heteroatoms. The van der Waals surface area contributed by atoms with E-state index in [1.165, 1.54) is 28.9 Å². The van der Waals surface area contributed by atoms with Crippen LogP contribution < -0.4 is 0 Å². The molecule has 0 aliphatic heterocycles. The Kier molecular flexibility index (Phi) is 3.74. The van der Waals surface area contributed by atoms with Crippen molar-refractivity contribution in [1.29, 1.82) is 0 Å². The first-order valence-electron chi connectivity index (χ1n) is 7.45. The van der Waals surface area contributed by atoms with Crippen molar-refractivity contribution in [3.05, 3.63) is 41.6 Å². The Balaban J connectivity index is 2.36. The summed E-state index contributed by atoms with van der Waals surface area (Å²) in [5.74, 6) is 0.0407. The zero-order chi connectivity index (χ0) is 17.6. The van der Waals surface area contributed by atoms with Gasteiger partial charge in [0.15, 0.2) is 5.65 Å². The van der Waals surface area contributed by atoms with Gasteiger partial charge in [-0.25, -0.2) is 9.67 Å². The number of pyridine rings is 1. The maximum absolute atomic E-state index is 13.6. The van der Waals surface area contributed by atoms with Gasteiger partial charge in [-0.3, -0.25) is 0 Å². The van der Waals surface area contributed by atoms with E-state index in [2.05, 4.69) is 10.1 Å².